The van der Waals surface area contributed by atoms with Gasteiger partial charge in [-0.05, 0) is 39.2 Å². The van der Waals surface area contributed by atoms with Gasteiger partial charge in [0.05, 0.1) is 12.0 Å². The van der Waals surface area contributed by atoms with Crippen molar-refractivity contribution in [2.24, 2.45) is 5.92 Å². The first-order valence-electron chi connectivity index (χ1n) is 9.38. The zero-order chi connectivity index (χ0) is 17.6. The van der Waals surface area contributed by atoms with Crippen molar-refractivity contribution in [3.05, 3.63) is 11.6 Å². The van der Waals surface area contributed by atoms with Crippen LogP contribution in [0.15, 0.2) is 11.6 Å². The summed E-state index contributed by atoms with van der Waals surface area (Å²) in [7, 11) is 0. The van der Waals surface area contributed by atoms with Crippen LogP contribution in [-0.2, 0) is 9.59 Å². The fraction of sp³-hybridized carbons (Fsp3) is 0.722. The zero-order valence-electron chi connectivity index (χ0n) is 14.9. The fourth-order valence-electron chi connectivity index (χ4n) is 3.80. The highest BCUT2D eigenvalue weighted by Gasteiger charge is 2.32. The summed E-state index contributed by atoms with van der Waals surface area (Å²) >= 11 is 1.41. The number of likely N-dealkylation sites (tertiary alicyclic amines) is 1. The zero-order valence-corrected chi connectivity index (χ0v) is 15.7. The van der Waals surface area contributed by atoms with Gasteiger partial charge >= 0.3 is 0 Å². The Labute approximate surface area is 153 Å². The molecule has 2 aliphatic rings. The van der Waals surface area contributed by atoms with Crippen LogP contribution in [0.25, 0.3) is 0 Å². The third kappa shape index (κ3) is 5.01. The molecular formula is C18H28N4O2S. The normalized spacial score (nSPS) is 23.8. The van der Waals surface area contributed by atoms with Crippen LogP contribution in [-0.4, -0.2) is 46.9 Å². The lowest BCUT2D eigenvalue weighted by atomic mass is 9.92. The summed E-state index contributed by atoms with van der Waals surface area (Å²) in [5, 5.41) is 8.56. The quantitative estimate of drug-likeness (QED) is 0.842. The van der Waals surface area contributed by atoms with Crippen molar-refractivity contribution in [2.75, 3.05) is 18.4 Å². The smallest absolute Gasteiger partial charge is 0.243 e. The Hall–Kier alpha value is -1.47. The molecule has 7 heteroatoms. The van der Waals surface area contributed by atoms with Gasteiger partial charge in [0, 0.05) is 24.2 Å². The molecule has 2 fully saturated rings. The first-order chi connectivity index (χ1) is 12.1. The Kier molecular flexibility index (Phi) is 6.42. The standard InChI is InChI=1S/C18H28N4O2S/c1-13(16(23)21-18-19-9-11-25-18)22-10-5-6-14(12-22)17(24)20-15-7-3-2-4-8-15/h9,11,13-15H,2-8,10,12H2,1H3,(H,20,24)(H,19,21,23). The second-order valence-electron chi connectivity index (χ2n) is 7.18. The van der Waals surface area contributed by atoms with Crippen molar-refractivity contribution in [3.8, 4) is 0 Å². The van der Waals surface area contributed by atoms with Gasteiger partial charge in [-0.3, -0.25) is 14.5 Å². The summed E-state index contributed by atoms with van der Waals surface area (Å²) < 4.78 is 0. The second-order valence-corrected chi connectivity index (χ2v) is 8.07. The third-order valence-corrected chi connectivity index (χ3v) is 6.05. The van der Waals surface area contributed by atoms with Gasteiger partial charge in [0.15, 0.2) is 5.13 Å². The molecule has 1 saturated carbocycles. The molecule has 0 aromatic carbocycles. The molecular weight excluding hydrogens is 336 g/mol. The van der Waals surface area contributed by atoms with E-state index in [1.807, 2.05) is 12.3 Å². The molecule has 0 bridgehead atoms. The van der Waals surface area contributed by atoms with Gasteiger partial charge in [-0.25, -0.2) is 4.98 Å². The average Bonchev–Trinajstić information content (AvgIpc) is 3.15. The maximum Gasteiger partial charge on any atom is 0.243 e. The summed E-state index contributed by atoms with van der Waals surface area (Å²) in [5.41, 5.74) is 0. The molecule has 1 aromatic heterocycles. The molecule has 1 aromatic rings. The van der Waals surface area contributed by atoms with Gasteiger partial charge < -0.3 is 10.6 Å². The summed E-state index contributed by atoms with van der Waals surface area (Å²) in [6, 6.07) is 0.0939. The number of thiazole rings is 1. The molecule has 138 valence electrons. The molecule has 1 aliphatic carbocycles. The van der Waals surface area contributed by atoms with Crippen LogP contribution in [0.5, 0.6) is 0 Å². The highest BCUT2D eigenvalue weighted by molar-refractivity contribution is 7.13. The predicted octanol–water partition coefficient (Wildman–Crippen LogP) is 2.63. The van der Waals surface area contributed by atoms with Gasteiger partial charge in [0.2, 0.25) is 11.8 Å². The number of hydrogen-bond donors (Lipinski definition) is 2. The second kappa shape index (κ2) is 8.76. The molecule has 2 heterocycles. The van der Waals surface area contributed by atoms with E-state index < -0.39 is 0 Å². The van der Waals surface area contributed by atoms with Crippen LogP contribution in [0.1, 0.15) is 51.9 Å². The summed E-state index contributed by atoms with van der Waals surface area (Å²) in [6.07, 6.45) is 9.48. The van der Waals surface area contributed by atoms with E-state index in [4.69, 9.17) is 0 Å². The molecule has 2 N–H and O–H groups in total. The van der Waals surface area contributed by atoms with E-state index in [0.29, 0.717) is 17.7 Å². The Morgan fingerprint density at radius 1 is 1.24 bits per heavy atom. The van der Waals surface area contributed by atoms with E-state index in [1.165, 1.54) is 30.6 Å². The SMILES string of the molecule is CC(C(=O)Nc1nccs1)N1CCCC(C(=O)NC2CCCCC2)C1. The Balaban J connectivity index is 1.51. The van der Waals surface area contributed by atoms with Gasteiger partial charge in [-0.2, -0.15) is 0 Å². The molecule has 0 radical (unpaired) electrons. The molecule has 2 amide bonds. The summed E-state index contributed by atoms with van der Waals surface area (Å²) in [5.74, 6) is 0.109. The Morgan fingerprint density at radius 3 is 2.76 bits per heavy atom. The van der Waals surface area contributed by atoms with Crippen molar-refractivity contribution in [2.45, 2.75) is 64.0 Å². The Morgan fingerprint density at radius 2 is 2.04 bits per heavy atom. The first-order valence-corrected chi connectivity index (χ1v) is 10.3. The van der Waals surface area contributed by atoms with E-state index in [9.17, 15) is 9.59 Å². The third-order valence-electron chi connectivity index (χ3n) is 5.36. The highest BCUT2D eigenvalue weighted by Crippen LogP contribution is 2.22. The van der Waals surface area contributed by atoms with Crippen molar-refractivity contribution in [1.29, 1.82) is 0 Å². The van der Waals surface area contributed by atoms with E-state index in [0.717, 1.165) is 32.2 Å². The van der Waals surface area contributed by atoms with Crippen molar-refractivity contribution in [3.63, 3.8) is 0 Å². The van der Waals surface area contributed by atoms with Gasteiger partial charge in [-0.15, -0.1) is 11.3 Å². The van der Waals surface area contributed by atoms with Crippen LogP contribution >= 0.6 is 11.3 Å². The molecule has 6 nitrogen and oxygen atoms in total. The Bertz CT molecular complexity index is 572. The molecule has 1 aliphatic heterocycles. The lowest BCUT2D eigenvalue weighted by Gasteiger charge is -2.36. The number of aromatic nitrogens is 1. The summed E-state index contributed by atoms with van der Waals surface area (Å²) in [4.78, 5) is 31.2. The lowest BCUT2D eigenvalue weighted by molar-refractivity contribution is -0.130. The number of nitrogens with zero attached hydrogens (tertiary/aromatic N) is 2. The number of piperidine rings is 1. The molecule has 0 spiro atoms. The number of nitrogens with one attached hydrogen (secondary N) is 2. The van der Waals surface area contributed by atoms with Crippen LogP contribution in [0, 0.1) is 5.92 Å². The van der Waals surface area contributed by atoms with Crippen LogP contribution in [0.4, 0.5) is 5.13 Å². The predicted molar refractivity (Wildman–Crippen MR) is 99.5 cm³/mol. The average molecular weight is 365 g/mol. The molecule has 1 saturated heterocycles. The van der Waals surface area contributed by atoms with Gasteiger partial charge in [0.25, 0.3) is 0 Å². The van der Waals surface area contributed by atoms with E-state index in [1.54, 1.807) is 6.20 Å². The number of anilines is 1. The maximum absolute atomic E-state index is 12.6. The highest BCUT2D eigenvalue weighted by atomic mass is 32.1. The first kappa shape index (κ1) is 18.3. The number of carbonyl (C=O) groups is 2. The van der Waals surface area contributed by atoms with E-state index in [2.05, 4.69) is 20.5 Å². The van der Waals surface area contributed by atoms with Crippen molar-refractivity contribution >= 4 is 28.3 Å². The van der Waals surface area contributed by atoms with Crippen LogP contribution < -0.4 is 10.6 Å². The van der Waals surface area contributed by atoms with Gasteiger partial charge in [-0.1, -0.05) is 19.3 Å². The lowest BCUT2D eigenvalue weighted by Crippen LogP contribution is -2.51. The maximum atomic E-state index is 12.6. The minimum Gasteiger partial charge on any atom is -0.353 e. The minimum atomic E-state index is -0.255. The van der Waals surface area contributed by atoms with Gasteiger partial charge in [0.1, 0.15) is 0 Å². The molecule has 2 unspecified atom stereocenters. The molecule has 3 rings (SSSR count). The molecule has 2 atom stereocenters. The van der Waals surface area contributed by atoms with Crippen molar-refractivity contribution < 1.29 is 9.59 Å². The monoisotopic (exact) mass is 364 g/mol. The van der Waals surface area contributed by atoms with Crippen LogP contribution in [0.2, 0.25) is 0 Å². The number of carbonyl (C=O) groups excluding carboxylic acids is 2. The number of hydrogen-bond acceptors (Lipinski definition) is 5. The largest absolute Gasteiger partial charge is 0.353 e. The van der Waals surface area contributed by atoms with Crippen LogP contribution in [0.3, 0.4) is 0 Å². The topological polar surface area (TPSA) is 74.3 Å². The molecule has 25 heavy (non-hydrogen) atoms. The summed E-state index contributed by atoms with van der Waals surface area (Å²) in [6.45, 7) is 3.43. The number of rotatable bonds is 5. The number of amides is 2. The fourth-order valence-corrected chi connectivity index (χ4v) is 4.33. The minimum absolute atomic E-state index is 0.00853. The van der Waals surface area contributed by atoms with E-state index >= 15 is 0 Å². The van der Waals surface area contributed by atoms with E-state index in [-0.39, 0.29) is 23.8 Å². The van der Waals surface area contributed by atoms with Crippen molar-refractivity contribution in [1.82, 2.24) is 15.2 Å².